The molecule has 0 bridgehead atoms. The average molecular weight is 336 g/mol. The third kappa shape index (κ3) is 6.78. The molecular weight excluding hydrogens is 312 g/mol. The first-order valence-electron chi connectivity index (χ1n) is 7.81. The standard InChI is InChI=1S/C17H24N2O5/c1-4-15(20)18-13-6-5-7-14(12(13)2)19-16(21)8-9-17(22)24-11-10-23-3/h5-7H,4,8-11H2,1-3H3,(H,18,20)(H,19,21). The molecule has 0 heterocycles. The number of amides is 2. The molecule has 0 fully saturated rings. The Balaban J connectivity index is 2.53. The van der Waals surface area contributed by atoms with Gasteiger partial charge >= 0.3 is 5.97 Å². The summed E-state index contributed by atoms with van der Waals surface area (Å²) < 4.78 is 9.66. The van der Waals surface area contributed by atoms with Crippen LogP contribution in [0, 0.1) is 6.92 Å². The molecule has 7 nitrogen and oxygen atoms in total. The number of methoxy groups -OCH3 is 1. The van der Waals surface area contributed by atoms with Crippen molar-refractivity contribution in [3.05, 3.63) is 23.8 Å². The molecule has 24 heavy (non-hydrogen) atoms. The van der Waals surface area contributed by atoms with Crippen LogP contribution in [0.2, 0.25) is 0 Å². The molecule has 1 aromatic rings. The third-order valence-electron chi connectivity index (χ3n) is 3.31. The lowest BCUT2D eigenvalue weighted by molar-refractivity contribution is -0.145. The lowest BCUT2D eigenvalue weighted by Gasteiger charge is -2.13. The molecule has 0 aromatic heterocycles. The van der Waals surface area contributed by atoms with Crippen LogP contribution in [0.5, 0.6) is 0 Å². The van der Waals surface area contributed by atoms with Crippen LogP contribution in [0.25, 0.3) is 0 Å². The maximum Gasteiger partial charge on any atom is 0.306 e. The minimum atomic E-state index is -0.442. The smallest absolute Gasteiger partial charge is 0.306 e. The van der Waals surface area contributed by atoms with Crippen molar-refractivity contribution in [2.75, 3.05) is 31.0 Å². The molecule has 2 amide bonds. The number of hydrogen-bond donors (Lipinski definition) is 2. The summed E-state index contributed by atoms with van der Waals surface area (Å²) in [6, 6.07) is 5.25. The Hall–Kier alpha value is -2.41. The fourth-order valence-corrected chi connectivity index (χ4v) is 1.88. The molecule has 132 valence electrons. The van der Waals surface area contributed by atoms with Crippen LogP contribution in [-0.2, 0) is 23.9 Å². The summed E-state index contributed by atoms with van der Waals surface area (Å²) in [7, 11) is 1.51. The van der Waals surface area contributed by atoms with Gasteiger partial charge in [-0.05, 0) is 24.6 Å². The lowest BCUT2D eigenvalue weighted by atomic mass is 10.1. The molecule has 7 heteroatoms. The van der Waals surface area contributed by atoms with Crippen LogP contribution in [0.1, 0.15) is 31.7 Å². The first-order valence-corrected chi connectivity index (χ1v) is 7.81. The van der Waals surface area contributed by atoms with E-state index in [0.717, 1.165) is 5.56 Å². The van der Waals surface area contributed by atoms with Gasteiger partial charge in [-0.3, -0.25) is 14.4 Å². The van der Waals surface area contributed by atoms with Crippen molar-refractivity contribution in [3.63, 3.8) is 0 Å². The Kier molecular flexibility index (Phi) is 8.49. The van der Waals surface area contributed by atoms with Gasteiger partial charge in [0.05, 0.1) is 13.0 Å². The zero-order valence-corrected chi connectivity index (χ0v) is 14.3. The predicted molar refractivity (Wildman–Crippen MR) is 90.8 cm³/mol. The number of carbonyl (C=O) groups excluding carboxylic acids is 3. The van der Waals surface area contributed by atoms with Crippen LogP contribution < -0.4 is 10.6 Å². The fraction of sp³-hybridized carbons (Fsp3) is 0.471. The van der Waals surface area contributed by atoms with Crippen LogP contribution in [-0.4, -0.2) is 38.1 Å². The van der Waals surface area contributed by atoms with Gasteiger partial charge in [-0.2, -0.15) is 0 Å². The quantitative estimate of drug-likeness (QED) is 0.533. The summed E-state index contributed by atoms with van der Waals surface area (Å²) >= 11 is 0. The Morgan fingerprint density at radius 1 is 1.00 bits per heavy atom. The second kappa shape index (κ2) is 10.4. The topological polar surface area (TPSA) is 93.7 Å². The second-order valence-electron chi connectivity index (χ2n) is 5.14. The number of benzene rings is 1. The molecule has 0 aliphatic rings. The highest BCUT2D eigenvalue weighted by molar-refractivity contribution is 5.96. The summed E-state index contributed by atoms with van der Waals surface area (Å²) in [5.41, 5.74) is 2.01. The zero-order valence-electron chi connectivity index (χ0n) is 14.3. The Morgan fingerprint density at radius 2 is 1.62 bits per heavy atom. The molecule has 0 unspecified atom stereocenters. The Bertz CT molecular complexity index is 586. The number of nitrogens with one attached hydrogen (secondary N) is 2. The molecular formula is C17H24N2O5. The highest BCUT2D eigenvalue weighted by atomic mass is 16.6. The summed E-state index contributed by atoms with van der Waals surface area (Å²) in [5, 5.41) is 5.52. The molecule has 0 radical (unpaired) electrons. The number of carbonyl (C=O) groups is 3. The maximum absolute atomic E-state index is 12.0. The molecule has 1 aromatic carbocycles. The van der Waals surface area contributed by atoms with Crippen molar-refractivity contribution in [2.24, 2.45) is 0 Å². The SMILES string of the molecule is CCC(=O)Nc1cccc(NC(=O)CCC(=O)OCCOC)c1C. The van der Waals surface area contributed by atoms with E-state index in [1.165, 1.54) is 7.11 Å². The van der Waals surface area contributed by atoms with E-state index in [1.807, 2.05) is 0 Å². The van der Waals surface area contributed by atoms with Crippen molar-refractivity contribution in [1.29, 1.82) is 0 Å². The van der Waals surface area contributed by atoms with E-state index in [2.05, 4.69) is 10.6 Å². The van der Waals surface area contributed by atoms with Crippen molar-refractivity contribution in [1.82, 2.24) is 0 Å². The maximum atomic E-state index is 12.0. The minimum Gasteiger partial charge on any atom is -0.463 e. The summed E-state index contributed by atoms with van der Waals surface area (Å²) in [4.78, 5) is 34.9. The predicted octanol–water partition coefficient (Wildman–Crippen LogP) is 2.25. The molecule has 2 N–H and O–H groups in total. The highest BCUT2D eigenvalue weighted by Gasteiger charge is 2.11. The van der Waals surface area contributed by atoms with Gasteiger partial charge in [-0.15, -0.1) is 0 Å². The number of ether oxygens (including phenoxy) is 2. The fourth-order valence-electron chi connectivity index (χ4n) is 1.88. The number of hydrogen-bond acceptors (Lipinski definition) is 5. The first kappa shape index (κ1) is 19.6. The second-order valence-corrected chi connectivity index (χ2v) is 5.14. The van der Waals surface area contributed by atoms with E-state index in [0.29, 0.717) is 24.4 Å². The first-order chi connectivity index (χ1) is 11.5. The van der Waals surface area contributed by atoms with Crippen molar-refractivity contribution in [2.45, 2.75) is 33.1 Å². The van der Waals surface area contributed by atoms with Gasteiger partial charge in [0.1, 0.15) is 6.61 Å². The van der Waals surface area contributed by atoms with Gasteiger partial charge in [-0.1, -0.05) is 13.0 Å². The van der Waals surface area contributed by atoms with Gasteiger partial charge in [-0.25, -0.2) is 0 Å². The van der Waals surface area contributed by atoms with Crippen LogP contribution in [0.15, 0.2) is 18.2 Å². The van der Waals surface area contributed by atoms with Crippen molar-refractivity contribution < 1.29 is 23.9 Å². The number of anilines is 2. The Labute approximate surface area is 141 Å². The lowest BCUT2D eigenvalue weighted by Crippen LogP contribution is -2.17. The Morgan fingerprint density at radius 3 is 2.21 bits per heavy atom. The van der Waals surface area contributed by atoms with Gasteiger partial charge in [0.2, 0.25) is 11.8 Å². The van der Waals surface area contributed by atoms with Crippen molar-refractivity contribution in [3.8, 4) is 0 Å². The van der Waals surface area contributed by atoms with E-state index in [4.69, 9.17) is 9.47 Å². The van der Waals surface area contributed by atoms with E-state index in [9.17, 15) is 14.4 Å². The molecule has 0 atom stereocenters. The number of rotatable bonds is 9. The van der Waals surface area contributed by atoms with Gasteiger partial charge in [0, 0.05) is 31.3 Å². The number of esters is 1. The van der Waals surface area contributed by atoms with Crippen LogP contribution in [0.3, 0.4) is 0 Å². The highest BCUT2D eigenvalue weighted by Crippen LogP contribution is 2.23. The normalized spacial score (nSPS) is 10.1. The largest absolute Gasteiger partial charge is 0.463 e. The van der Waals surface area contributed by atoms with Gasteiger partial charge in [0.15, 0.2) is 0 Å². The van der Waals surface area contributed by atoms with E-state index in [1.54, 1.807) is 32.0 Å². The van der Waals surface area contributed by atoms with Crippen LogP contribution in [0.4, 0.5) is 11.4 Å². The molecule has 0 spiro atoms. The summed E-state index contributed by atoms with van der Waals surface area (Å²) in [5.74, 6) is -0.830. The molecule has 0 saturated carbocycles. The third-order valence-corrected chi connectivity index (χ3v) is 3.31. The van der Waals surface area contributed by atoms with E-state index >= 15 is 0 Å². The molecule has 1 rings (SSSR count). The van der Waals surface area contributed by atoms with Crippen LogP contribution >= 0.6 is 0 Å². The molecule has 0 aliphatic carbocycles. The average Bonchev–Trinajstić information content (AvgIpc) is 2.56. The van der Waals surface area contributed by atoms with E-state index in [-0.39, 0.29) is 31.3 Å². The molecule has 0 saturated heterocycles. The van der Waals surface area contributed by atoms with E-state index < -0.39 is 5.97 Å². The molecule has 0 aliphatic heterocycles. The summed E-state index contributed by atoms with van der Waals surface area (Å²) in [6.45, 7) is 4.07. The monoisotopic (exact) mass is 336 g/mol. The minimum absolute atomic E-state index is 0.000850. The summed E-state index contributed by atoms with van der Waals surface area (Å²) in [6.07, 6.45) is 0.402. The van der Waals surface area contributed by atoms with Gasteiger partial charge in [0.25, 0.3) is 0 Å². The zero-order chi connectivity index (χ0) is 17.9. The van der Waals surface area contributed by atoms with Crippen molar-refractivity contribution >= 4 is 29.2 Å². The van der Waals surface area contributed by atoms with Gasteiger partial charge < -0.3 is 20.1 Å².